The second-order valence-corrected chi connectivity index (χ2v) is 8.02. The van der Waals surface area contributed by atoms with Gasteiger partial charge in [-0.15, -0.1) is 0 Å². The van der Waals surface area contributed by atoms with E-state index in [4.69, 9.17) is 21.3 Å². The molecule has 0 aromatic carbocycles. The zero-order chi connectivity index (χ0) is 21.1. The Balaban J connectivity index is 2.46. The summed E-state index contributed by atoms with van der Waals surface area (Å²) in [5.41, 5.74) is 7.70. The van der Waals surface area contributed by atoms with E-state index in [-0.39, 0.29) is 17.0 Å². The Morgan fingerprint density at radius 1 is 1.43 bits per heavy atom. The van der Waals surface area contributed by atoms with E-state index < -0.39 is 51.3 Å². The number of anilines is 1. The summed E-state index contributed by atoms with van der Waals surface area (Å²) < 4.78 is 31.4. The number of rotatable bonds is 5. The van der Waals surface area contributed by atoms with Gasteiger partial charge in [0.1, 0.15) is 30.4 Å². The number of hydrogen-bond donors (Lipinski definition) is 6. The van der Waals surface area contributed by atoms with Crippen molar-refractivity contribution >= 4 is 32.8 Å². The maximum atomic E-state index is 12.8. The minimum Gasteiger partial charge on any atom is -0.394 e. The Bertz CT molecular complexity index is 1040. The third-order valence-corrected chi connectivity index (χ3v) is 5.98. The molecule has 0 radical (unpaired) electrons. The second kappa shape index (κ2) is 6.38. The largest absolute Gasteiger partial charge is 0.394 e. The van der Waals surface area contributed by atoms with Crippen molar-refractivity contribution < 1.29 is 33.3 Å². The van der Waals surface area contributed by atoms with Crippen LogP contribution in [0.4, 0.5) is 5.82 Å². The summed E-state index contributed by atoms with van der Waals surface area (Å²) in [7, 11) is -5.05. The monoisotopic (exact) mass is 417 g/mol. The summed E-state index contributed by atoms with van der Waals surface area (Å²) in [6.07, 6.45) is -2.08. The zero-order valence-electron chi connectivity index (χ0n) is 14.5. The average molecular weight is 417 g/mol. The van der Waals surface area contributed by atoms with Crippen LogP contribution in [0.3, 0.4) is 0 Å². The van der Waals surface area contributed by atoms with Gasteiger partial charge in [-0.25, -0.2) is 28.5 Å². The quantitative estimate of drug-likeness (QED) is 0.270. The highest BCUT2D eigenvalue weighted by Crippen LogP contribution is 2.48. The predicted molar refractivity (Wildman–Crippen MR) is 92.4 cm³/mol. The van der Waals surface area contributed by atoms with Gasteiger partial charge in [-0.3, -0.25) is 9.36 Å². The molecule has 0 unspecified atom stereocenters. The Kier molecular flexibility index (Phi) is 4.66. The molecule has 0 amide bonds. The molecule has 14 nitrogen and oxygen atoms in total. The van der Waals surface area contributed by atoms with Gasteiger partial charge in [0.05, 0.1) is 12.6 Å². The number of nitrogen functional groups attached to an aromatic ring is 1. The highest BCUT2D eigenvalue weighted by Gasteiger charge is 2.76. The normalized spacial score (nSPS) is 31.9. The fourth-order valence-electron chi connectivity index (χ4n) is 3.33. The van der Waals surface area contributed by atoms with E-state index in [2.05, 4.69) is 15.0 Å². The van der Waals surface area contributed by atoms with E-state index in [1.165, 1.54) is 6.92 Å². The molecule has 15 heteroatoms. The van der Waals surface area contributed by atoms with E-state index >= 15 is 0 Å². The molecule has 5 atom stereocenters. The lowest BCUT2D eigenvalue weighted by molar-refractivity contribution is -0.169. The minimum absolute atomic E-state index is 0.0772. The van der Waals surface area contributed by atoms with E-state index in [0.717, 1.165) is 12.7 Å². The Labute approximate surface area is 158 Å². The number of ketones is 1. The van der Waals surface area contributed by atoms with Gasteiger partial charge in [-0.1, -0.05) is 0 Å². The Morgan fingerprint density at radius 2 is 2.07 bits per heavy atom. The van der Waals surface area contributed by atoms with Crippen molar-refractivity contribution in [3.63, 3.8) is 0 Å². The average Bonchev–Trinajstić information content (AvgIpc) is 3.14. The predicted octanol–water partition coefficient (Wildman–Crippen LogP) is -4.29. The van der Waals surface area contributed by atoms with Gasteiger partial charge in [0.15, 0.2) is 17.2 Å². The van der Waals surface area contributed by atoms with E-state index in [1.54, 1.807) is 0 Å². The van der Waals surface area contributed by atoms with Crippen molar-refractivity contribution in [1.29, 1.82) is 0 Å². The molecule has 2 aromatic rings. The first kappa shape index (κ1) is 20.5. The molecule has 154 valence electrons. The fourth-order valence-corrected chi connectivity index (χ4v) is 4.65. The molecule has 0 spiro atoms. The van der Waals surface area contributed by atoms with Crippen LogP contribution in [0.1, 0.15) is 6.92 Å². The molecule has 1 saturated heterocycles. The minimum atomic E-state index is -5.05. The van der Waals surface area contributed by atoms with Gasteiger partial charge in [0.2, 0.25) is 5.60 Å². The van der Waals surface area contributed by atoms with Crippen LogP contribution in [0.15, 0.2) is 12.7 Å². The van der Waals surface area contributed by atoms with Crippen LogP contribution < -0.4 is 16.6 Å². The van der Waals surface area contributed by atoms with Crippen LogP contribution in [0.2, 0.25) is 0 Å². The second-order valence-electron chi connectivity index (χ2n) is 6.38. The van der Waals surface area contributed by atoms with Gasteiger partial charge in [-0.05, 0) is 6.92 Å². The number of aliphatic hydroxyl groups excluding tert-OH is 2. The molecule has 28 heavy (non-hydrogen) atoms. The highest BCUT2D eigenvalue weighted by atomic mass is 32.2. The topological polar surface area (TPSA) is 243 Å². The molecule has 0 saturated carbocycles. The van der Waals surface area contributed by atoms with Crippen molar-refractivity contribution in [3.05, 3.63) is 12.7 Å². The van der Waals surface area contributed by atoms with Crippen molar-refractivity contribution in [3.8, 4) is 0 Å². The molecule has 2 aromatic heterocycles. The maximum absolute atomic E-state index is 12.8. The summed E-state index contributed by atoms with van der Waals surface area (Å²) >= 11 is 0. The van der Waals surface area contributed by atoms with E-state index in [0.29, 0.717) is 4.57 Å². The van der Waals surface area contributed by atoms with Gasteiger partial charge in [-0.2, -0.15) is 0 Å². The van der Waals surface area contributed by atoms with Gasteiger partial charge in [0.25, 0.3) is 10.0 Å². The number of hydrogen-bond acceptors (Lipinski definition) is 12. The van der Waals surface area contributed by atoms with Crippen LogP contribution in [0.5, 0.6) is 0 Å². The maximum Gasteiger partial charge on any atom is 0.305 e. The lowest BCUT2D eigenvalue weighted by atomic mass is 9.86. The van der Waals surface area contributed by atoms with Crippen LogP contribution in [0, 0.1) is 0 Å². The number of aromatic nitrogens is 4. The molecule has 3 heterocycles. The van der Waals surface area contributed by atoms with E-state index in [1.807, 2.05) is 0 Å². The number of primary sulfonamides is 1. The third-order valence-electron chi connectivity index (χ3n) is 4.61. The summed E-state index contributed by atoms with van der Waals surface area (Å²) in [6, 6.07) is -1.43. The molecule has 3 rings (SSSR count). The number of carbonyl (C=O) groups excluding carboxylic acids is 1. The molecule has 1 fully saturated rings. The summed E-state index contributed by atoms with van der Waals surface area (Å²) in [6.45, 7) is 0.218. The number of nitrogens with two attached hydrogens (primary N) is 3. The number of ether oxygens (including phenoxy) is 1. The first-order chi connectivity index (χ1) is 12.9. The summed E-state index contributed by atoms with van der Waals surface area (Å²) in [5, 5.41) is 33.5. The number of aliphatic hydroxyl groups is 3. The molecule has 0 bridgehead atoms. The smallest absolute Gasteiger partial charge is 0.305 e. The number of Topliss-reactive ketones (excluding diaryl/α,β-unsaturated/α-hetero) is 1. The number of carbonyl (C=O) groups is 1. The Morgan fingerprint density at radius 3 is 2.61 bits per heavy atom. The van der Waals surface area contributed by atoms with Crippen LogP contribution >= 0.6 is 0 Å². The molecule has 0 aliphatic carbocycles. The molecular weight excluding hydrogens is 398 g/mol. The molecule has 1 aliphatic heterocycles. The lowest BCUT2D eigenvalue weighted by Crippen LogP contribution is -2.69. The first-order valence-electron chi connectivity index (χ1n) is 7.88. The fraction of sp³-hybridized carbons (Fsp3) is 0.538. The Hall–Kier alpha value is -2.27. The number of imidazole rings is 1. The molecular formula is C13H19N7O7S. The lowest BCUT2D eigenvalue weighted by Gasteiger charge is -2.39. The molecule has 1 aliphatic rings. The molecule has 9 N–H and O–H groups in total. The number of sulfonamides is 1. The number of nitrogens with zero attached hydrogens (tertiary/aromatic N) is 4. The SMILES string of the molecule is C[C@H](N)C(=O)[C@@]1(O)[C@H](O)[C@@H](CO)O[C@]1(n1cnc2c(N)ncnc21)S(N)(=O)=O. The van der Waals surface area contributed by atoms with Crippen LogP contribution in [0.25, 0.3) is 11.2 Å². The summed E-state index contributed by atoms with van der Waals surface area (Å²) in [5.74, 6) is -1.43. The van der Waals surface area contributed by atoms with Crippen LogP contribution in [-0.2, 0) is 24.6 Å². The summed E-state index contributed by atoms with van der Waals surface area (Å²) in [4.78, 5) is 24.2. The van der Waals surface area contributed by atoms with Gasteiger partial charge >= 0.3 is 5.06 Å². The van der Waals surface area contributed by atoms with Crippen molar-refractivity contribution in [1.82, 2.24) is 19.5 Å². The third kappa shape index (κ3) is 2.38. The number of fused-ring (bicyclic) bond motifs is 1. The van der Waals surface area contributed by atoms with Crippen molar-refractivity contribution in [2.24, 2.45) is 10.9 Å². The zero-order valence-corrected chi connectivity index (χ0v) is 15.3. The standard InChI is InChI=1S/C13H19N7O7S/c1-5(14)8(22)12(24)9(23)6(2-21)27-13(12,28(16,25)26)20-4-19-7-10(15)17-3-18-11(7)20/h3-6,9,21,23-24H,2,14H2,1H3,(H2,15,17,18)(H2,16,25,26)/t5-,6+,9+,12+,13-/m0/s1. The highest BCUT2D eigenvalue weighted by molar-refractivity contribution is 7.89. The van der Waals surface area contributed by atoms with Gasteiger partial charge in [0, 0.05) is 0 Å². The van der Waals surface area contributed by atoms with Gasteiger partial charge < -0.3 is 31.5 Å². The first-order valence-corrected chi connectivity index (χ1v) is 9.43. The van der Waals surface area contributed by atoms with E-state index in [9.17, 15) is 28.5 Å². The van der Waals surface area contributed by atoms with Crippen LogP contribution in [-0.4, -0.2) is 79.5 Å². The van der Waals surface area contributed by atoms with Crippen molar-refractivity contribution in [2.45, 2.75) is 35.8 Å². The van der Waals surface area contributed by atoms with Crippen molar-refractivity contribution in [2.75, 3.05) is 12.3 Å².